The topological polar surface area (TPSA) is 61.5 Å². The molecule has 120 valence electrons. The quantitative estimate of drug-likeness (QED) is 0.671. The van der Waals surface area contributed by atoms with Crippen molar-refractivity contribution in [3.63, 3.8) is 0 Å². The zero-order valence-electron chi connectivity index (χ0n) is 13.4. The molecule has 1 aliphatic carbocycles. The van der Waals surface area contributed by atoms with Gasteiger partial charge in [0.1, 0.15) is 5.60 Å². The highest BCUT2D eigenvalue weighted by Crippen LogP contribution is 2.30. The molecule has 1 aromatic carbocycles. The summed E-state index contributed by atoms with van der Waals surface area (Å²) in [6.07, 6.45) is 11.4. The van der Waals surface area contributed by atoms with Crippen LogP contribution in [0.3, 0.4) is 0 Å². The molecular weight excluding hydrogens is 290 g/mol. The molecule has 1 aliphatic rings. The van der Waals surface area contributed by atoms with Crippen LogP contribution in [0.1, 0.15) is 12.0 Å². The number of hydrogen-bond donors (Lipinski definition) is 1. The zero-order chi connectivity index (χ0) is 16.7. The highest BCUT2D eigenvalue weighted by Gasteiger charge is 2.30. The molecule has 4 nitrogen and oxygen atoms in total. The first-order valence-corrected chi connectivity index (χ1v) is 7.33. The third-order valence-electron chi connectivity index (χ3n) is 3.77. The lowest BCUT2D eigenvalue weighted by Gasteiger charge is -2.31. The van der Waals surface area contributed by atoms with Gasteiger partial charge in [0.25, 0.3) is 0 Å². The number of esters is 1. The average molecular weight is 311 g/mol. The van der Waals surface area contributed by atoms with Gasteiger partial charge in [0.2, 0.25) is 0 Å². The minimum Gasteiger partial charge on any atom is -0.466 e. The first-order chi connectivity index (χ1) is 11.1. The van der Waals surface area contributed by atoms with Gasteiger partial charge in [-0.1, -0.05) is 42.5 Å². The van der Waals surface area contributed by atoms with Gasteiger partial charge in [0, 0.05) is 25.3 Å². The second kappa shape index (κ2) is 7.61. The molecule has 1 unspecified atom stereocenters. The Hall–Kier alpha value is -2.59. The molecule has 23 heavy (non-hydrogen) atoms. The molecule has 2 rings (SSSR count). The van der Waals surface area contributed by atoms with Gasteiger partial charge < -0.3 is 15.2 Å². The Labute approximate surface area is 136 Å². The Balaban J connectivity index is 2.17. The Morgan fingerprint density at radius 2 is 2.00 bits per heavy atom. The van der Waals surface area contributed by atoms with Crippen molar-refractivity contribution in [1.29, 1.82) is 0 Å². The van der Waals surface area contributed by atoms with E-state index in [0.29, 0.717) is 12.1 Å². The molecule has 0 radical (unpaired) electrons. The van der Waals surface area contributed by atoms with Crippen LogP contribution < -0.4 is 5.73 Å². The van der Waals surface area contributed by atoms with Crippen LogP contribution in [0.5, 0.6) is 0 Å². The molecule has 4 heteroatoms. The van der Waals surface area contributed by atoms with E-state index < -0.39 is 5.60 Å². The smallest absolute Gasteiger partial charge is 0.330 e. The summed E-state index contributed by atoms with van der Waals surface area (Å²) in [6.45, 7) is 0. The van der Waals surface area contributed by atoms with Crippen LogP contribution in [0, 0.1) is 0 Å². The number of ether oxygens (including phenoxy) is 2. The summed E-state index contributed by atoms with van der Waals surface area (Å²) in [4.78, 5) is 11.1. The normalized spacial score (nSPS) is 21.3. The van der Waals surface area contributed by atoms with Gasteiger partial charge >= 0.3 is 5.97 Å². The van der Waals surface area contributed by atoms with E-state index >= 15 is 0 Å². The molecule has 0 fully saturated rings. The molecule has 2 N–H and O–H groups in total. The molecule has 1 atom stereocenters. The van der Waals surface area contributed by atoms with Crippen molar-refractivity contribution in [2.45, 2.75) is 12.0 Å². The summed E-state index contributed by atoms with van der Waals surface area (Å²) < 4.78 is 10.2. The van der Waals surface area contributed by atoms with Crippen molar-refractivity contribution < 1.29 is 14.3 Å². The minimum atomic E-state index is -0.668. The first kappa shape index (κ1) is 16.8. The Morgan fingerprint density at radius 3 is 2.57 bits per heavy atom. The van der Waals surface area contributed by atoms with Crippen molar-refractivity contribution in [1.82, 2.24) is 0 Å². The van der Waals surface area contributed by atoms with E-state index in [1.807, 2.05) is 54.6 Å². The lowest BCUT2D eigenvalue weighted by atomic mass is 9.88. The molecule has 0 spiro atoms. The zero-order valence-corrected chi connectivity index (χ0v) is 13.4. The highest BCUT2D eigenvalue weighted by molar-refractivity contribution is 5.82. The SMILES string of the molecule is COC(=O)C=CC1=CCC(OC)(C(N)=Cc2ccccc2)C=C1. The number of nitrogens with two attached hydrogens (primary N) is 1. The monoisotopic (exact) mass is 311 g/mol. The van der Waals surface area contributed by atoms with Crippen LogP contribution in [0.2, 0.25) is 0 Å². The summed E-state index contributed by atoms with van der Waals surface area (Å²) in [6, 6.07) is 9.87. The summed E-state index contributed by atoms with van der Waals surface area (Å²) in [5, 5.41) is 0. The van der Waals surface area contributed by atoms with Gasteiger partial charge in [-0.05, 0) is 29.4 Å². The van der Waals surface area contributed by atoms with Crippen LogP contribution in [0.25, 0.3) is 6.08 Å². The van der Waals surface area contributed by atoms with Gasteiger partial charge in [-0.2, -0.15) is 0 Å². The second-order valence-corrected chi connectivity index (χ2v) is 5.20. The average Bonchev–Trinajstić information content (AvgIpc) is 2.61. The first-order valence-electron chi connectivity index (χ1n) is 7.33. The summed E-state index contributed by atoms with van der Waals surface area (Å²) >= 11 is 0. The maximum absolute atomic E-state index is 11.1. The lowest BCUT2D eigenvalue weighted by Crippen LogP contribution is -2.36. The van der Waals surface area contributed by atoms with Gasteiger partial charge in [0.15, 0.2) is 0 Å². The predicted octanol–water partition coefficient (Wildman–Crippen LogP) is 2.99. The van der Waals surface area contributed by atoms with Gasteiger partial charge in [-0.25, -0.2) is 4.79 Å². The number of hydrogen-bond acceptors (Lipinski definition) is 4. The molecule has 0 heterocycles. The molecule has 0 saturated carbocycles. The van der Waals surface area contributed by atoms with E-state index in [1.54, 1.807) is 13.2 Å². The largest absolute Gasteiger partial charge is 0.466 e. The number of carbonyl (C=O) groups is 1. The molecule has 0 saturated heterocycles. The third-order valence-corrected chi connectivity index (χ3v) is 3.77. The van der Waals surface area contributed by atoms with Crippen LogP contribution in [0.15, 0.2) is 72.0 Å². The maximum atomic E-state index is 11.1. The van der Waals surface area contributed by atoms with Crippen LogP contribution in [-0.2, 0) is 14.3 Å². The van der Waals surface area contributed by atoms with Crippen molar-refractivity contribution in [3.05, 3.63) is 77.5 Å². The van der Waals surface area contributed by atoms with Crippen LogP contribution in [-0.4, -0.2) is 25.8 Å². The number of carbonyl (C=O) groups excluding carboxylic acids is 1. The van der Waals surface area contributed by atoms with E-state index in [9.17, 15) is 4.79 Å². The van der Waals surface area contributed by atoms with Crippen LogP contribution in [0.4, 0.5) is 0 Å². The van der Waals surface area contributed by atoms with E-state index in [0.717, 1.165) is 11.1 Å². The fourth-order valence-electron chi connectivity index (χ4n) is 2.33. The maximum Gasteiger partial charge on any atom is 0.330 e. The standard InChI is InChI=1S/C19H21NO3/c1-22-18(21)9-8-15-10-12-19(23-2,13-11-15)17(20)14-16-6-4-3-5-7-16/h3-12,14H,13,20H2,1-2H3. The molecule has 0 aromatic heterocycles. The molecule has 0 bridgehead atoms. The van der Waals surface area contributed by atoms with Crippen molar-refractivity contribution in [2.75, 3.05) is 14.2 Å². The summed E-state index contributed by atoms with van der Waals surface area (Å²) in [5.41, 5.74) is 8.18. The number of benzene rings is 1. The van der Waals surface area contributed by atoms with E-state index in [4.69, 9.17) is 10.5 Å². The van der Waals surface area contributed by atoms with E-state index in [-0.39, 0.29) is 5.97 Å². The number of allylic oxidation sites excluding steroid dienone is 3. The molecule has 0 amide bonds. The fourth-order valence-corrected chi connectivity index (χ4v) is 2.33. The van der Waals surface area contributed by atoms with Crippen molar-refractivity contribution >= 4 is 12.0 Å². The van der Waals surface area contributed by atoms with E-state index in [2.05, 4.69) is 4.74 Å². The van der Waals surface area contributed by atoms with Crippen molar-refractivity contribution in [3.8, 4) is 0 Å². The Morgan fingerprint density at radius 1 is 1.26 bits per heavy atom. The minimum absolute atomic E-state index is 0.383. The number of rotatable bonds is 5. The van der Waals surface area contributed by atoms with Gasteiger partial charge in [-0.15, -0.1) is 0 Å². The number of methoxy groups -OCH3 is 2. The summed E-state index contributed by atoms with van der Waals surface area (Å²) in [7, 11) is 2.99. The van der Waals surface area contributed by atoms with E-state index in [1.165, 1.54) is 13.2 Å². The lowest BCUT2D eigenvalue weighted by molar-refractivity contribution is -0.134. The van der Waals surface area contributed by atoms with Gasteiger partial charge in [-0.3, -0.25) is 0 Å². The highest BCUT2D eigenvalue weighted by atomic mass is 16.5. The molecule has 0 aliphatic heterocycles. The van der Waals surface area contributed by atoms with Crippen molar-refractivity contribution in [2.24, 2.45) is 5.73 Å². The summed E-state index contributed by atoms with van der Waals surface area (Å²) in [5.74, 6) is -0.383. The predicted molar refractivity (Wildman–Crippen MR) is 91.3 cm³/mol. The molecular formula is C19H21NO3. The third kappa shape index (κ3) is 4.20. The Kier molecular flexibility index (Phi) is 5.55. The Bertz CT molecular complexity index is 671. The molecule has 1 aromatic rings. The second-order valence-electron chi connectivity index (χ2n) is 5.20. The van der Waals surface area contributed by atoms with Crippen LogP contribution >= 0.6 is 0 Å². The van der Waals surface area contributed by atoms with Gasteiger partial charge in [0.05, 0.1) is 7.11 Å². The fraction of sp³-hybridized carbons (Fsp3) is 0.211.